The second-order valence-electron chi connectivity index (χ2n) is 2.26. The second-order valence-corrected chi connectivity index (χ2v) is 2.26. The summed E-state index contributed by atoms with van der Waals surface area (Å²) in [6.45, 7) is 0.851. The molecule has 0 aliphatic heterocycles. The fraction of sp³-hybridized carbons (Fsp3) is 0.429. The van der Waals surface area contributed by atoms with Crippen LogP contribution in [-0.2, 0) is 6.54 Å². The second kappa shape index (κ2) is 2.69. The molecular weight excluding hydrogens is 114 g/mol. The van der Waals surface area contributed by atoms with Crippen LogP contribution in [0.2, 0.25) is 0 Å². The van der Waals surface area contributed by atoms with Gasteiger partial charge in [0.25, 0.3) is 0 Å². The highest BCUT2D eigenvalue weighted by Crippen LogP contribution is 2.00. The molecule has 0 amide bonds. The summed E-state index contributed by atoms with van der Waals surface area (Å²) < 4.78 is 4.98. The monoisotopic (exact) mass is 124 g/mol. The highest BCUT2D eigenvalue weighted by Gasteiger charge is 1.94. The van der Waals surface area contributed by atoms with Crippen LogP contribution >= 0.6 is 0 Å². The van der Waals surface area contributed by atoms with Crippen molar-refractivity contribution < 1.29 is 4.42 Å². The molecule has 0 atom stereocenters. The minimum Gasteiger partial charge on any atom is -0.456 e. The van der Waals surface area contributed by atoms with Crippen molar-refractivity contribution in [3.63, 3.8) is 0 Å². The van der Waals surface area contributed by atoms with Crippen molar-refractivity contribution >= 4 is 0 Å². The van der Waals surface area contributed by atoms with Gasteiger partial charge in [0, 0.05) is 0 Å². The highest BCUT2D eigenvalue weighted by molar-refractivity contribution is 4.96. The molecule has 49 valence electrons. The molecule has 2 heteroatoms. The summed E-state index contributed by atoms with van der Waals surface area (Å²) in [5.41, 5.74) is 0. The van der Waals surface area contributed by atoms with Crippen LogP contribution in [-0.4, -0.2) is 19.0 Å². The first-order valence-corrected chi connectivity index (χ1v) is 2.88. The zero-order valence-electron chi connectivity index (χ0n) is 5.72. The van der Waals surface area contributed by atoms with E-state index in [0.717, 1.165) is 12.3 Å². The van der Waals surface area contributed by atoms with Crippen LogP contribution < -0.4 is 0 Å². The maximum Gasteiger partial charge on any atom is 0.169 e. The Kier molecular flexibility index (Phi) is 1.90. The largest absolute Gasteiger partial charge is 0.456 e. The van der Waals surface area contributed by atoms with Gasteiger partial charge in [0.1, 0.15) is 5.76 Å². The Hall–Kier alpha value is -0.760. The van der Waals surface area contributed by atoms with Gasteiger partial charge in [-0.05, 0) is 26.2 Å². The first kappa shape index (κ1) is 6.36. The zero-order chi connectivity index (χ0) is 6.69. The Morgan fingerprint density at radius 1 is 1.67 bits per heavy atom. The molecule has 2 nitrogen and oxygen atoms in total. The van der Waals surface area contributed by atoms with Crippen molar-refractivity contribution in [3.8, 4) is 0 Å². The molecule has 0 saturated carbocycles. The van der Waals surface area contributed by atoms with Gasteiger partial charge < -0.3 is 9.32 Å². The minimum absolute atomic E-state index is 0.851. The molecule has 0 unspecified atom stereocenters. The third-order valence-corrected chi connectivity index (χ3v) is 0.999. The molecule has 0 fully saturated rings. The molecule has 0 bridgehead atoms. The lowest BCUT2D eigenvalue weighted by atomic mass is 10.4. The van der Waals surface area contributed by atoms with Crippen molar-refractivity contribution in [2.24, 2.45) is 0 Å². The van der Waals surface area contributed by atoms with Gasteiger partial charge in [0.05, 0.1) is 6.54 Å². The summed E-state index contributed by atoms with van der Waals surface area (Å²) >= 11 is 0. The molecule has 9 heavy (non-hydrogen) atoms. The van der Waals surface area contributed by atoms with E-state index in [4.69, 9.17) is 4.42 Å². The third-order valence-electron chi connectivity index (χ3n) is 0.999. The minimum atomic E-state index is 0.851. The lowest BCUT2D eigenvalue weighted by Gasteiger charge is -2.04. The van der Waals surface area contributed by atoms with Gasteiger partial charge in [-0.25, -0.2) is 0 Å². The zero-order valence-corrected chi connectivity index (χ0v) is 5.72. The Bertz CT molecular complexity index is 155. The Labute approximate surface area is 55.1 Å². The molecule has 0 N–H and O–H groups in total. The smallest absolute Gasteiger partial charge is 0.169 e. The number of rotatable bonds is 2. The predicted molar refractivity (Wildman–Crippen MR) is 34.9 cm³/mol. The van der Waals surface area contributed by atoms with E-state index in [1.54, 1.807) is 6.07 Å². The summed E-state index contributed by atoms with van der Waals surface area (Å²) in [6, 6.07) is 3.69. The summed E-state index contributed by atoms with van der Waals surface area (Å²) in [4.78, 5) is 2.05. The number of hydrogen-bond donors (Lipinski definition) is 0. The number of hydrogen-bond acceptors (Lipinski definition) is 2. The van der Waals surface area contributed by atoms with Gasteiger partial charge in [-0.1, -0.05) is 0 Å². The molecule has 1 rings (SSSR count). The lowest BCUT2D eigenvalue weighted by Crippen LogP contribution is -2.09. The van der Waals surface area contributed by atoms with Crippen molar-refractivity contribution in [1.82, 2.24) is 4.90 Å². The van der Waals surface area contributed by atoms with Gasteiger partial charge in [0.15, 0.2) is 6.26 Å². The van der Waals surface area contributed by atoms with E-state index < -0.39 is 0 Å². The van der Waals surface area contributed by atoms with E-state index in [9.17, 15) is 0 Å². The maximum atomic E-state index is 4.98. The van der Waals surface area contributed by atoms with E-state index in [2.05, 4.69) is 6.26 Å². The fourth-order valence-corrected chi connectivity index (χ4v) is 0.667. The predicted octanol–water partition coefficient (Wildman–Crippen LogP) is 1.14. The van der Waals surface area contributed by atoms with Crippen LogP contribution in [0.25, 0.3) is 0 Å². The Morgan fingerprint density at radius 2 is 2.44 bits per heavy atom. The van der Waals surface area contributed by atoms with Crippen LogP contribution in [0.15, 0.2) is 16.5 Å². The molecule has 0 aliphatic carbocycles. The van der Waals surface area contributed by atoms with Gasteiger partial charge in [-0.2, -0.15) is 0 Å². The van der Waals surface area contributed by atoms with Crippen LogP contribution in [0, 0.1) is 6.26 Å². The Balaban J connectivity index is 2.48. The summed E-state index contributed by atoms with van der Waals surface area (Å²) in [5, 5.41) is 0. The molecular formula is C7H10NO. The lowest BCUT2D eigenvalue weighted by molar-refractivity contribution is 0.349. The average Bonchev–Trinajstić information content (AvgIpc) is 2.15. The van der Waals surface area contributed by atoms with Gasteiger partial charge in [0.2, 0.25) is 0 Å². The molecule has 1 heterocycles. The number of nitrogens with zero attached hydrogens (tertiary/aromatic N) is 1. The van der Waals surface area contributed by atoms with E-state index in [-0.39, 0.29) is 0 Å². The third kappa shape index (κ3) is 1.90. The standard InChI is InChI=1S/C7H10NO/c1-8(2)6-7-4-3-5-9-7/h3-4H,6H2,1-2H3. The van der Waals surface area contributed by atoms with E-state index in [1.807, 2.05) is 25.1 Å². The summed E-state index contributed by atoms with van der Waals surface area (Å²) in [7, 11) is 4.00. The van der Waals surface area contributed by atoms with Crippen LogP contribution in [0.3, 0.4) is 0 Å². The van der Waals surface area contributed by atoms with Gasteiger partial charge in [-0.3, -0.25) is 0 Å². The van der Waals surface area contributed by atoms with Gasteiger partial charge in [-0.15, -0.1) is 0 Å². The van der Waals surface area contributed by atoms with E-state index in [0.29, 0.717) is 0 Å². The fourth-order valence-electron chi connectivity index (χ4n) is 0.667. The average molecular weight is 124 g/mol. The SMILES string of the molecule is CN(C)Cc1cc[c]o1. The van der Waals surface area contributed by atoms with E-state index in [1.165, 1.54) is 0 Å². The summed E-state index contributed by atoms with van der Waals surface area (Å²) in [6.07, 6.45) is 2.63. The van der Waals surface area contributed by atoms with Crippen molar-refractivity contribution in [2.45, 2.75) is 6.54 Å². The number of furan rings is 1. The molecule has 0 aromatic carbocycles. The molecule has 0 saturated heterocycles. The first-order chi connectivity index (χ1) is 4.29. The topological polar surface area (TPSA) is 16.4 Å². The van der Waals surface area contributed by atoms with Crippen molar-refractivity contribution in [2.75, 3.05) is 14.1 Å². The van der Waals surface area contributed by atoms with Crippen molar-refractivity contribution in [1.29, 1.82) is 0 Å². The molecule has 1 radical (unpaired) electrons. The van der Waals surface area contributed by atoms with Crippen molar-refractivity contribution in [3.05, 3.63) is 24.2 Å². The molecule has 0 aliphatic rings. The highest BCUT2D eigenvalue weighted by atomic mass is 16.3. The molecule has 1 aromatic heterocycles. The maximum absolute atomic E-state index is 4.98. The van der Waals surface area contributed by atoms with Gasteiger partial charge >= 0.3 is 0 Å². The summed E-state index contributed by atoms with van der Waals surface area (Å²) in [5.74, 6) is 0.958. The normalized spacial score (nSPS) is 10.6. The Morgan fingerprint density at radius 3 is 2.89 bits per heavy atom. The quantitative estimate of drug-likeness (QED) is 0.587. The first-order valence-electron chi connectivity index (χ1n) is 2.88. The molecule has 0 spiro atoms. The molecule has 1 aromatic rings. The van der Waals surface area contributed by atoms with Crippen LogP contribution in [0.5, 0.6) is 0 Å². The van der Waals surface area contributed by atoms with E-state index >= 15 is 0 Å². The van der Waals surface area contributed by atoms with Crippen LogP contribution in [0.4, 0.5) is 0 Å². The van der Waals surface area contributed by atoms with Crippen LogP contribution in [0.1, 0.15) is 5.76 Å².